The van der Waals surface area contributed by atoms with Crippen molar-refractivity contribution in [3.63, 3.8) is 0 Å². The van der Waals surface area contributed by atoms with Crippen LogP contribution >= 0.6 is 11.3 Å². The molecule has 1 amide bonds. The number of thiophene rings is 1. The van der Waals surface area contributed by atoms with E-state index in [0.717, 1.165) is 11.9 Å². The highest BCUT2D eigenvalue weighted by Crippen LogP contribution is 2.15. The highest BCUT2D eigenvalue weighted by molar-refractivity contribution is 7.07. The second kappa shape index (κ2) is 5.34. The van der Waals surface area contributed by atoms with Gasteiger partial charge in [0.25, 0.3) is 0 Å². The molecule has 0 aliphatic heterocycles. The van der Waals surface area contributed by atoms with E-state index in [1.807, 2.05) is 16.8 Å². The van der Waals surface area contributed by atoms with E-state index in [0.29, 0.717) is 17.6 Å². The first-order chi connectivity index (χ1) is 9.70. The average molecular weight is 287 g/mol. The molecule has 0 saturated heterocycles. The minimum atomic E-state index is -0.249. The van der Waals surface area contributed by atoms with Crippen molar-refractivity contribution in [2.24, 2.45) is 0 Å². The molecule has 0 atom stereocenters. The molecule has 0 fully saturated rings. The second-order valence-electron chi connectivity index (χ2n) is 4.52. The number of nitrogens with one attached hydrogen (secondary N) is 3. The van der Waals surface area contributed by atoms with Gasteiger partial charge in [0.15, 0.2) is 0 Å². The van der Waals surface area contributed by atoms with Gasteiger partial charge in [0.2, 0.25) is 5.91 Å². The first-order valence-corrected chi connectivity index (χ1v) is 7.18. The molecule has 5 nitrogen and oxygen atoms in total. The third kappa shape index (κ3) is 2.80. The van der Waals surface area contributed by atoms with Gasteiger partial charge < -0.3 is 15.3 Å². The number of aromatic amines is 2. The zero-order chi connectivity index (χ0) is 13.9. The van der Waals surface area contributed by atoms with E-state index >= 15 is 0 Å². The predicted octanol–water partition coefficient (Wildman–Crippen LogP) is 2.49. The lowest BCUT2D eigenvalue weighted by Gasteiger charge is -2.04. The van der Waals surface area contributed by atoms with Crippen LogP contribution in [-0.2, 0) is 11.2 Å². The summed E-state index contributed by atoms with van der Waals surface area (Å²) in [6, 6.07) is 7.31. The lowest BCUT2D eigenvalue weighted by atomic mass is 10.2. The van der Waals surface area contributed by atoms with Gasteiger partial charge in [0.1, 0.15) is 0 Å². The maximum atomic E-state index is 11.9. The van der Waals surface area contributed by atoms with Crippen molar-refractivity contribution in [3.8, 4) is 0 Å². The number of amides is 1. The van der Waals surface area contributed by atoms with Gasteiger partial charge in [-0.1, -0.05) is 0 Å². The van der Waals surface area contributed by atoms with Crippen molar-refractivity contribution in [1.29, 1.82) is 0 Å². The van der Waals surface area contributed by atoms with E-state index < -0.39 is 0 Å². The maximum Gasteiger partial charge on any atom is 0.323 e. The average Bonchev–Trinajstić information content (AvgIpc) is 3.04. The predicted molar refractivity (Wildman–Crippen MR) is 80.2 cm³/mol. The molecule has 0 aliphatic carbocycles. The summed E-state index contributed by atoms with van der Waals surface area (Å²) in [5.41, 5.74) is 3.02. The van der Waals surface area contributed by atoms with Crippen LogP contribution in [0, 0.1) is 0 Å². The summed E-state index contributed by atoms with van der Waals surface area (Å²) in [6.45, 7) is 0. The Morgan fingerprint density at radius 2 is 2.05 bits per heavy atom. The van der Waals surface area contributed by atoms with Crippen LogP contribution in [0.15, 0.2) is 39.8 Å². The molecule has 2 heterocycles. The summed E-state index contributed by atoms with van der Waals surface area (Å²) in [5.74, 6) is -0.0339. The van der Waals surface area contributed by atoms with E-state index in [2.05, 4.69) is 15.3 Å². The van der Waals surface area contributed by atoms with Gasteiger partial charge in [-0.15, -0.1) is 0 Å². The Morgan fingerprint density at radius 3 is 2.85 bits per heavy atom. The molecule has 0 unspecified atom stereocenters. The molecule has 0 spiro atoms. The van der Waals surface area contributed by atoms with Crippen molar-refractivity contribution in [2.75, 3.05) is 5.32 Å². The van der Waals surface area contributed by atoms with Crippen LogP contribution in [0.4, 0.5) is 5.69 Å². The molecule has 102 valence electrons. The molecule has 0 bridgehead atoms. The minimum absolute atomic E-state index is 0.0339. The fourth-order valence-electron chi connectivity index (χ4n) is 2.03. The summed E-state index contributed by atoms with van der Waals surface area (Å²) in [5, 5.41) is 6.88. The Bertz CT molecular complexity index is 786. The van der Waals surface area contributed by atoms with Gasteiger partial charge in [-0.2, -0.15) is 11.3 Å². The fraction of sp³-hybridized carbons (Fsp3) is 0.143. The Balaban J connectivity index is 1.66. The van der Waals surface area contributed by atoms with Crippen molar-refractivity contribution in [2.45, 2.75) is 12.8 Å². The molecule has 3 N–H and O–H groups in total. The van der Waals surface area contributed by atoms with Crippen LogP contribution in [0.25, 0.3) is 11.0 Å². The SMILES string of the molecule is O=C(CCc1ccsc1)Nc1ccc2[nH]c(=O)[nH]c2c1. The van der Waals surface area contributed by atoms with E-state index in [1.54, 1.807) is 29.5 Å². The summed E-state index contributed by atoms with van der Waals surface area (Å²) in [4.78, 5) is 28.3. The van der Waals surface area contributed by atoms with Crippen LogP contribution in [0.2, 0.25) is 0 Å². The Labute approximate surface area is 118 Å². The Hall–Kier alpha value is -2.34. The molecule has 3 aromatic rings. The lowest BCUT2D eigenvalue weighted by molar-refractivity contribution is -0.116. The standard InChI is InChI=1S/C14H13N3O2S/c18-13(4-1-9-5-6-20-8-9)15-10-2-3-11-12(7-10)17-14(19)16-11/h2-3,5-8H,1,4H2,(H,15,18)(H2,16,17,19). The molecular formula is C14H13N3O2S. The molecule has 20 heavy (non-hydrogen) atoms. The van der Waals surface area contributed by atoms with Gasteiger partial charge in [-0.25, -0.2) is 4.79 Å². The van der Waals surface area contributed by atoms with Crippen LogP contribution in [-0.4, -0.2) is 15.9 Å². The zero-order valence-corrected chi connectivity index (χ0v) is 11.4. The van der Waals surface area contributed by atoms with Crippen molar-refractivity contribution in [1.82, 2.24) is 9.97 Å². The van der Waals surface area contributed by atoms with Gasteiger partial charge in [0.05, 0.1) is 11.0 Å². The van der Waals surface area contributed by atoms with E-state index in [-0.39, 0.29) is 11.6 Å². The number of imidazole rings is 1. The number of anilines is 1. The molecule has 0 aliphatic rings. The van der Waals surface area contributed by atoms with Crippen molar-refractivity contribution >= 4 is 34.0 Å². The number of carbonyl (C=O) groups is 1. The number of aromatic nitrogens is 2. The van der Waals surface area contributed by atoms with Crippen LogP contribution < -0.4 is 11.0 Å². The van der Waals surface area contributed by atoms with Crippen molar-refractivity contribution in [3.05, 3.63) is 51.1 Å². The molecule has 6 heteroatoms. The molecule has 0 saturated carbocycles. The number of benzene rings is 1. The monoisotopic (exact) mass is 287 g/mol. The number of fused-ring (bicyclic) bond motifs is 1. The third-order valence-electron chi connectivity index (χ3n) is 3.02. The topological polar surface area (TPSA) is 77.8 Å². The summed E-state index contributed by atoms with van der Waals surface area (Å²) in [7, 11) is 0. The van der Waals surface area contributed by atoms with Gasteiger partial charge in [-0.05, 0) is 47.0 Å². The van der Waals surface area contributed by atoms with Crippen LogP contribution in [0.3, 0.4) is 0 Å². The second-order valence-corrected chi connectivity index (χ2v) is 5.30. The number of hydrogen-bond donors (Lipinski definition) is 3. The molecule has 2 aromatic heterocycles. The number of H-pyrrole nitrogens is 2. The van der Waals surface area contributed by atoms with Gasteiger partial charge >= 0.3 is 5.69 Å². The fourth-order valence-corrected chi connectivity index (χ4v) is 2.73. The summed E-state index contributed by atoms with van der Waals surface area (Å²) < 4.78 is 0. The zero-order valence-electron chi connectivity index (χ0n) is 10.6. The summed E-state index contributed by atoms with van der Waals surface area (Å²) >= 11 is 1.63. The first-order valence-electron chi connectivity index (χ1n) is 6.24. The smallest absolute Gasteiger partial charge is 0.323 e. The number of rotatable bonds is 4. The van der Waals surface area contributed by atoms with Crippen molar-refractivity contribution < 1.29 is 4.79 Å². The number of carbonyl (C=O) groups excluding carboxylic acids is 1. The number of aryl methyl sites for hydroxylation is 1. The van der Waals surface area contributed by atoms with Crippen LogP contribution in [0.1, 0.15) is 12.0 Å². The Morgan fingerprint density at radius 1 is 1.20 bits per heavy atom. The molecular weight excluding hydrogens is 274 g/mol. The van der Waals surface area contributed by atoms with E-state index in [9.17, 15) is 9.59 Å². The largest absolute Gasteiger partial charge is 0.326 e. The number of hydrogen-bond acceptors (Lipinski definition) is 3. The quantitative estimate of drug-likeness (QED) is 0.689. The lowest BCUT2D eigenvalue weighted by Crippen LogP contribution is -2.12. The van der Waals surface area contributed by atoms with Crippen LogP contribution in [0.5, 0.6) is 0 Å². The maximum absolute atomic E-state index is 11.9. The van der Waals surface area contributed by atoms with Gasteiger partial charge in [-0.3, -0.25) is 4.79 Å². The highest BCUT2D eigenvalue weighted by Gasteiger charge is 2.05. The van der Waals surface area contributed by atoms with Gasteiger partial charge in [0, 0.05) is 12.1 Å². The molecule has 0 radical (unpaired) electrons. The van der Waals surface area contributed by atoms with E-state index in [1.165, 1.54) is 5.56 Å². The minimum Gasteiger partial charge on any atom is -0.326 e. The Kier molecular flexibility index (Phi) is 3.39. The molecule has 3 rings (SSSR count). The third-order valence-corrected chi connectivity index (χ3v) is 3.75. The highest BCUT2D eigenvalue weighted by atomic mass is 32.1. The van der Waals surface area contributed by atoms with E-state index in [4.69, 9.17) is 0 Å². The first kappa shape index (κ1) is 12.7. The summed E-state index contributed by atoms with van der Waals surface area (Å²) in [6.07, 6.45) is 1.18. The normalized spacial score (nSPS) is 10.8. The molecule has 1 aromatic carbocycles.